The number of carbonyl (C=O) groups excluding carboxylic acids is 1. The van der Waals surface area contributed by atoms with Gasteiger partial charge in [-0.25, -0.2) is 4.98 Å². The summed E-state index contributed by atoms with van der Waals surface area (Å²) < 4.78 is 2.59. The molecule has 0 radical (unpaired) electrons. The second-order valence-electron chi connectivity index (χ2n) is 4.09. The summed E-state index contributed by atoms with van der Waals surface area (Å²) in [5.74, 6) is -0.259. The Bertz CT molecular complexity index is 760. The van der Waals surface area contributed by atoms with Crippen LogP contribution in [0.5, 0.6) is 0 Å². The highest BCUT2D eigenvalue weighted by atomic mass is 32.1. The third-order valence-corrected chi connectivity index (χ3v) is 3.59. The Labute approximate surface area is 113 Å². The van der Waals surface area contributed by atoms with E-state index < -0.39 is 0 Å². The van der Waals surface area contributed by atoms with E-state index in [0.29, 0.717) is 10.8 Å². The Kier molecular flexibility index (Phi) is 2.75. The lowest BCUT2D eigenvalue weighted by Gasteiger charge is -1.96. The van der Waals surface area contributed by atoms with Crippen molar-refractivity contribution in [3.8, 4) is 0 Å². The van der Waals surface area contributed by atoms with Gasteiger partial charge in [0.25, 0.3) is 5.91 Å². The molecule has 0 aliphatic heterocycles. The maximum absolute atomic E-state index is 12.0. The molecule has 1 amide bonds. The number of hydrogen-bond donors (Lipinski definition) is 1. The zero-order valence-corrected chi connectivity index (χ0v) is 11.2. The lowest BCUT2D eigenvalue weighted by atomic mass is 10.3. The van der Waals surface area contributed by atoms with Gasteiger partial charge in [0.2, 0.25) is 0 Å². The van der Waals surface area contributed by atoms with Crippen molar-refractivity contribution in [2.24, 2.45) is 7.05 Å². The number of hydrogen-bond acceptors (Lipinski definition) is 5. The molecule has 0 atom stereocenters. The molecule has 0 bridgehead atoms. The molecule has 3 rings (SSSR count). The fourth-order valence-electron chi connectivity index (χ4n) is 1.73. The molecule has 0 unspecified atom stereocenters. The standard InChI is InChI=1S/C12H11N5OS/c1-7-10-9(3-5-13-7)19-12(14-10)15-11(18)8-4-6-17(2)16-8/h3-6H,1-2H3,(H,14,15,18). The van der Waals surface area contributed by atoms with Crippen LogP contribution >= 0.6 is 11.3 Å². The fraction of sp³-hybridized carbons (Fsp3) is 0.167. The number of amides is 1. The van der Waals surface area contributed by atoms with E-state index >= 15 is 0 Å². The lowest BCUT2D eigenvalue weighted by molar-refractivity contribution is 0.102. The third-order valence-electron chi connectivity index (χ3n) is 2.66. The summed E-state index contributed by atoms with van der Waals surface area (Å²) >= 11 is 1.42. The van der Waals surface area contributed by atoms with Crippen LogP contribution in [0.15, 0.2) is 24.5 Å². The minimum atomic E-state index is -0.259. The van der Waals surface area contributed by atoms with Crippen molar-refractivity contribution >= 4 is 32.6 Å². The SMILES string of the molecule is Cc1nccc2sc(NC(=O)c3ccn(C)n3)nc12. The highest BCUT2D eigenvalue weighted by Gasteiger charge is 2.12. The van der Waals surface area contributed by atoms with Crippen LogP contribution in [-0.2, 0) is 7.05 Å². The van der Waals surface area contributed by atoms with Crippen molar-refractivity contribution in [1.82, 2.24) is 19.7 Å². The predicted molar refractivity (Wildman–Crippen MR) is 73.3 cm³/mol. The van der Waals surface area contributed by atoms with Gasteiger partial charge >= 0.3 is 0 Å². The van der Waals surface area contributed by atoms with Gasteiger partial charge in [-0.15, -0.1) is 0 Å². The summed E-state index contributed by atoms with van der Waals surface area (Å²) in [6, 6.07) is 3.55. The maximum atomic E-state index is 12.0. The number of pyridine rings is 1. The summed E-state index contributed by atoms with van der Waals surface area (Å²) in [7, 11) is 1.77. The molecule has 3 aromatic heterocycles. The third kappa shape index (κ3) is 2.19. The molecule has 0 saturated carbocycles. The Balaban J connectivity index is 1.89. The number of nitrogens with zero attached hydrogens (tertiary/aromatic N) is 4. The molecule has 3 heterocycles. The van der Waals surface area contributed by atoms with Crippen molar-refractivity contribution in [1.29, 1.82) is 0 Å². The molecule has 6 nitrogen and oxygen atoms in total. The van der Waals surface area contributed by atoms with Gasteiger partial charge in [0.1, 0.15) is 5.52 Å². The Morgan fingerprint density at radius 2 is 2.26 bits per heavy atom. The first-order valence-electron chi connectivity index (χ1n) is 5.66. The maximum Gasteiger partial charge on any atom is 0.277 e. The zero-order valence-electron chi connectivity index (χ0n) is 10.4. The molecule has 0 spiro atoms. The van der Waals surface area contributed by atoms with Gasteiger partial charge in [0.15, 0.2) is 10.8 Å². The summed E-state index contributed by atoms with van der Waals surface area (Å²) in [6.45, 7) is 1.90. The first-order chi connectivity index (χ1) is 9.13. The molecule has 0 fully saturated rings. The largest absolute Gasteiger partial charge is 0.296 e. The number of nitrogens with one attached hydrogen (secondary N) is 1. The van der Waals surface area contributed by atoms with Crippen LogP contribution < -0.4 is 5.32 Å². The number of rotatable bonds is 2. The van der Waals surface area contributed by atoms with Crippen molar-refractivity contribution < 1.29 is 4.79 Å². The fourth-order valence-corrected chi connectivity index (χ4v) is 2.64. The summed E-state index contributed by atoms with van der Waals surface area (Å²) in [5, 5.41) is 7.36. The summed E-state index contributed by atoms with van der Waals surface area (Å²) in [4.78, 5) is 20.5. The quantitative estimate of drug-likeness (QED) is 0.775. The molecule has 0 aromatic carbocycles. The van der Waals surface area contributed by atoms with Gasteiger partial charge in [-0.05, 0) is 19.1 Å². The second-order valence-corrected chi connectivity index (χ2v) is 5.12. The van der Waals surface area contributed by atoms with E-state index in [1.54, 1.807) is 30.2 Å². The van der Waals surface area contributed by atoms with Crippen LogP contribution in [0.25, 0.3) is 10.2 Å². The van der Waals surface area contributed by atoms with Gasteiger partial charge in [-0.1, -0.05) is 11.3 Å². The van der Waals surface area contributed by atoms with E-state index in [4.69, 9.17) is 0 Å². The molecule has 0 aliphatic carbocycles. The van der Waals surface area contributed by atoms with Gasteiger partial charge < -0.3 is 0 Å². The van der Waals surface area contributed by atoms with Crippen LogP contribution in [0, 0.1) is 6.92 Å². The molecule has 0 saturated heterocycles. The monoisotopic (exact) mass is 273 g/mol. The number of thiazole rings is 1. The van der Waals surface area contributed by atoms with Crippen LogP contribution in [0.1, 0.15) is 16.2 Å². The average Bonchev–Trinajstić information content (AvgIpc) is 2.96. The topological polar surface area (TPSA) is 72.7 Å². The molecular formula is C12H11N5OS. The normalized spacial score (nSPS) is 10.8. The summed E-state index contributed by atoms with van der Waals surface area (Å²) in [6.07, 6.45) is 3.46. The molecule has 0 aliphatic rings. The molecular weight excluding hydrogens is 262 g/mol. The Morgan fingerprint density at radius 1 is 1.42 bits per heavy atom. The van der Waals surface area contributed by atoms with Crippen molar-refractivity contribution in [2.45, 2.75) is 6.92 Å². The van der Waals surface area contributed by atoms with E-state index in [0.717, 1.165) is 15.9 Å². The van der Waals surface area contributed by atoms with Crippen LogP contribution in [-0.4, -0.2) is 25.7 Å². The molecule has 19 heavy (non-hydrogen) atoms. The minimum Gasteiger partial charge on any atom is -0.296 e. The van der Waals surface area contributed by atoms with E-state index in [1.807, 2.05) is 13.0 Å². The number of fused-ring (bicyclic) bond motifs is 1. The van der Waals surface area contributed by atoms with Crippen LogP contribution in [0.2, 0.25) is 0 Å². The average molecular weight is 273 g/mol. The Hall–Kier alpha value is -2.28. The van der Waals surface area contributed by atoms with Gasteiger partial charge in [-0.3, -0.25) is 19.8 Å². The molecule has 7 heteroatoms. The smallest absolute Gasteiger partial charge is 0.277 e. The van der Waals surface area contributed by atoms with Crippen molar-refractivity contribution in [3.63, 3.8) is 0 Å². The van der Waals surface area contributed by atoms with E-state index in [1.165, 1.54) is 11.3 Å². The Morgan fingerprint density at radius 3 is 2.95 bits per heavy atom. The lowest BCUT2D eigenvalue weighted by Crippen LogP contribution is -2.12. The highest BCUT2D eigenvalue weighted by molar-refractivity contribution is 7.22. The van der Waals surface area contributed by atoms with E-state index in [2.05, 4.69) is 20.4 Å². The minimum absolute atomic E-state index is 0.259. The predicted octanol–water partition coefficient (Wildman–Crippen LogP) is 1.99. The number of aromatic nitrogens is 4. The van der Waals surface area contributed by atoms with Crippen LogP contribution in [0.3, 0.4) is 0 Å². The first-order valence-corrected chi connectivity index (χ1v) is 6.48. The zero-order chi connectivity index (χ0) is 13.4. The first kappa shape index (κ1) is 11.8. The van der Waals surface area contributed by atoms with E-state index in [-0.39, 0.29) is 5.91 Å². The second kappa shape index (κ2) is 4.43. The molecule has 3 aromatic rings. The molecule has 96 valence electrons. The number of aryl methyl sites for hydroxylation is 2. The van der Waals surface area contributed by atoms with Gasteiger partial charge in [-0.2, -0.15) is 5.10 Å². The highest BCUT2D eigenvalue weighted by Crippen LogP contribution is 2.26. The van der Waals surface area contributed by atoms with Crippen molar-refractivity contribution in [3.05, 3.63) is 35.9 Å². The van der Waals surface area contributed by atoms with Crippen molar-refractivity contribution in [2.75, 3.05) is 5.32 Å². The van der Waals surface area contributed by atoms with Gasteiger partial charge in [0, 0.05) is 19.4 Å². The van der Waals surface area contributed by atoms with E-state index in [9.17, 15) is 4.79 Å². The van der Waals surface area contributed by atoms with Crippen LogP contribution in [0.4, 0.5) is 5.13 Å². The van der Waals surface area contributed by atoms with Gasteiger partial charge in [0.05, 0.1) is 10.4 Å². The number of carbonyl (C=O) groups is 1. The number of anilines is 1. The molecule has 1 N–H and O–H groups in total. The summed E-state index contributed by atoms with van der Waals surface area (Å²) in [5.41, 5.74) is 2.05.